The standard InChI is InChI=1S/C7H4NOS2/c9-4-1-2-5-6(3-4)11-7(10)8-5/h1,3,9H,(H,8,10). The number of fused-ring (bicyclic) bond motifs is 1. The molecule has 1 N–H and O–H groups in total. The molecule has 0 aliphatic rings. The molecule has 0 unspecified atom stereocenters. The van der Waals surface area contributed by atoms with Gasteiger partial charge in [0.2, 0.25) is 0 Å². The number of thiazole rings is 1. The molecule has 0 spiro atoms. The second kappa shape index (κ2) is 2.39. The molecule has 2 aromatic rings. The van der Waals surface area contributed by atoms with Gasteiger partial charge in [-0.25, -0.2) is 4.98 Å². The van der Waals surface area contributed by atoms with Crippen LogP contribution in [0.5, 0.6) is 5.75 Å². The lowest BCUT2D eigenvalue weighted by Crippen LogP contribution is -1.66. The molecule has 4 heteroatoms. The monoisotopic (exact) mass is 182 g/mol. The van der Waals surface area contributed by atoms with Crippen LogP contribution in [0, 0.1) is 6.07 Å². The number of thiol groups is 1. The number of benzene rings is 1. The van der Waals surface area contributed by atoms with Gasteiger partial charge in [0.15, 0.2) is 0 Å². The van der Waals surface area contributed by atoms with Crippen molar-refractivity contribution in [3.05, 3.63) is 18.2 Å². The number of aromatic nitrogens is 1. The van der Waals surface area contributed by atoms with E-state index in [2.05, 4.69) is 23.7 Å². The van der Waals surface area contributed by atoms with E-state index in [9.17, 15) is 0 Å². The van der Waals surface area contributed by atoms with E-state index in [1.807, 2.05) is 0 Å². The van der Waals surface area contributed by atoms with Gasteiger partial charge in [0.1, 0.15) is 10.1 Å². The van der Waals surface area contributed by atoms with Crippen LogP contribution in [0.1, 0.15) is 0 Å². The van der Waals surface area contributed by atoms with Crippen LogP contribution in [0.3, 0.4) is 0 Å². The molecule has 1 aromatic heterocycles. The molecular weight excluding hydrogens is 178 g/mol. The molecule has 2 rings (SSSR count). The van der Waals surface area contributed by atoms with E-state index in [4.69, 9.17) is 5.11 Å². The van der Waals surface area contributed by atoms with Crippen molar-refractivity contribution in [2.24, 2.45) is 0 Å². The number of phenols is 1. The number of rotatable bonds is 0. The zero-order valence-corrected chi connectivity index (χ0v) is 7.12. The Morgan fingerprint density at radius 1 is 1.64 bits per heavy atom. The fourth-order valence-corrected chi connectivity index (χ4v) is 1.95. The van der Waals surface area contributed by atoms with E-state index < -0.39 is 0 Å². The van der Waals surface area contributed by atoms with Crippen molar-refractivity contribution >= 4 is 34.2 Å². The highest BCUT2D eigenvalue weighted by Crippen LogP contribution is 2.26. The lowest BCUT2D eigenvalue weighted by Gasteiger charge is -1.87. The van der Waals surface area contributed by atoms with Crippen molar-refractivity contribution in [1.29, 1.82) is 0 Å². The van der Waals surface area contributed by atoms with Crippen LogP contribution in [-0.4, -0.2) is 10.1 Å². The normalized spacial score (nSPS) is 10.6. The summed E-state index contributed by atoms with van der Waals surface area (Å²) in [5.41, 5.74) is 0.762. The fraction of sp³-hybridized carbons (Fsp3) is 0. The zero-order valence-electron chi connectivity index (χ0n) is 5.40. The molecule has 1 aromatic carbocycles. The summed E-state index contributed by atoms with van der Waals surface area (Å²) in [6, 6.07) is 5.99. The molecule has 0 aliphatic carbocycles. The summed E-state index contributed by atoms with van der Waals surface area (Å²) in [6.07, 6.45) is 0. The van der Waals surface area contributed by atoms with Crippen molar-refractivity contribution in [2.75, 3.05) is 0 Å². The minimum absolute atomic E-state index is 0.217. The Labute approximate surface area is 72.9 Å². The highest BCUT2D eigenvalue weighted by Gasteiger charge is 2.00. The maximum atomic E-state index is 9.06. The highest BCUT2D eigenvalue weighted by molar-refractivity contribution is 7.82. The largest absolute Gasteiger partial charge is 0.508 e. The molecule has 0 atom stereocenters. The smallest absolute Gasteiger partial charge is 0.148 e. The minimum atomic E-state index is 0.217. The first-order valence-corrected chi connectivity index (χ1v) is 4.22. The summed E-state index contributed by atoms with van der Waals surface area (Å²) >= 11 is 5.51. The van der Waals surface area contributed by atoms with Crippen LogP contribution in [0.4, 0.5) is 0 Å². The second-order valence-electron chi connectivity index (χ2n) is 2.07. The van der Waals surface area contributed by atoms with E-state index in [-0.39, 0.29) is 5.75 Å². The van der Waals surface area contributed by atoms with Gasteiger partial charge in [0.05, 0.1) is 10.2 Å². The van der Waals surface area contributed by atoms with Gasteiger partial charge in [-0.1, -0.05) is 0 Å². The third-order valence-electron chi connectivity index (χ3n) is 1.28. The van der Waals surface area contributed by atoms with Crippen molar-refractivity contribution in [3.63, 3.8) is 0 Å². The first-order valence-electron chi connectivity index (χ1n) is 2.96. The van der Waals surface area contributed by atoms with Crippen LogP contribution >= 0.6 is 24.0 Å². The Bertz CT molecular complexity index is 396. The first kappa shape index (κ1) is 6.94. The van der Waals surface area contributed by atoms with Crippen LogP contribution in [0.2, 0.25) is 0 Å². The summed E-state index contributed by atoms with van der Waals surface area (Å²) < 4.78 is 1.61. The number of aromatic hydroxyl groups is 1. The Kier molecular flexibility index (Phi) is 1.51. The van der Waals surface area contributed by atoms with Gasteiger partial charge in [-0.2, -0.15) is 0 Å². The molecule has 0 saturated heterocycles. The van der Waals surface area contributed by atoms with Crippen molar-refractivity contribution in [3.8, 4) is 5.75 Å². The number of hydrogen-bond acceptors (Lipinski definition) is 4. The molecule has 0 saturated carbocycles. The number of nitrogens with zero attached hydrogens (tertiary/aromatic N) is 1. The maximum absolute atomic E-state index is 9.06. The van der Waals surface area contributed by atoms with Gasteiger partial charge >= 0.3 is 0 Å². The topological polar surface area (TPSA) is 33.1 Å². The predicted octanol–water partition coefficient (Wildman–Crippen LogP) is 2.09. The molecule has 1 radical (unpaired) electrons. The molecule has 2 nitrogen and oxygen atoms in total. The molecule has 11 heavy (non-hydrogen) atoms. The van der Waals surface area contributed by atoms with E-state index >= 15 is 0 Å². The van der Waals surface area contributed by atoms with Gasteiger partial charge in [0.25, 0.3) is 0 Å². The van der Waals surface area contributed by atoms with Gasteiger partial charge in [0, 0.05) is 6.07 Å². The summed E-state index contributed by atoms with van der Waals surface area (Å²) in [6.45, 7) is 0. The Morgan fingerprint density at radius 2 is 2.45 bits per heavy atom. The van der Waals surface area contributed by atoms with E-state index in [1.54, 1.807) is 6.07 Å². The van der Waals surface area contributed by atoms with Gasteiger partial charge in [-0.05, 0) is 12.1 Å². The molecule has 0 amide bonds. The van der Waals surface area contributed by atoms with E-state index in [1.165, 1.54) is 17.4 Å². The zero-order chi connectivity index (χ0) is 7.84. The summed E-state index contributed by atoms with van der Waals surface area (Å²) in [4.78, 5) is 4.07. The average molecular weight is 182 g/mol. The van der Waals surface area contributed by atoms with Crippen LogP contribution < -0.4 is 0 Å². The highest BCUT2D eigenvalue weighted by atomic mass is 32.2. The SMILES string of the molecule is Oc1c[c]c2nc(S)sc2c1. The van der Waals surface area contributed by atoms with E-state index in [0.29, 0.717) is 4.34 Å². The second-order valence-corrected chi connectivity index (χ2v) is 3.82. The van der Waals surface area contributed by atoms with Crippen molar-refractivity contribution in [1.82, 2.24) is 4.98 Å². The molecule has 0 bridgehead atoms. The summed E-state index contributed by atoms with van der Waals surface area (Å²) in [7, 11) is 0. The van der Waals surface area contributed by atoms with Crippen LogP contribution in [0.15, 0.2) is 16.5 Å². The van der Waals surface area contributed by atoms with E-state index in [0.717, 1.165) is 10.2 Å². The number of hydrogen-bond donors (Lipinski definition) is 2. The van der Waals surface area contributed by atoms with Crippen molar-refractivity contribution in [2.45, 2.75) is 4.34 Å². The van der Waals surface area contributed by atoms with Crippen LogP contribution in [0.25, 0.3) is 10.2 Å². The van der Waals surface area contributed by atoms with Gasteiger partial charge in [-0.15, -0.1) is 24.0 Å². The minimum Gasteiger partial charge on any atom is -0.508 e. The lowest BCUT2D eigenvalue weighted by molar-refractivity contribution is 0.476. The third-order valence-corrected chi connectivity index (χ3v) is 2.46. The molecular formula is C7H4NOS2. The third kappa shape index (κ3) is 1.19. The number of phenolic OH excluding ortho intramolecular Hbond substituents is 1. The Morgan fingerprint density at radius 3 is 3.27 bits per heavy atom. The lowest BCUT2D eigenvalue weighted by atomic mass is 10.3. The van der Waals surface area contributed by atoms with Crippen molar-refractivity contribution < 1.29 is 5.11 Å². The van der Waals surface area contributed by atoms with Gasteiger partial charge in [-0.3, -0.25) is 0 Å². The Hall–Kier alpha value is -0.740. The Balaban J connectivity index is 2.82. The molecule has 0 aliphatic heterocycles. The predicted molar refractivity (Wildman–Crippen MR) is 47.4 cm³/mol. The molecule has 55 valence electrons. The quantitative estimate of drug-likeness (QED) is 0.612. The molecule has 1 heterocycles. The molecule has 0 fully saturated rings. The first-order chi connectivity index (χ1) is 5.25. The average Bonchev–Trinajstić information content (AvgIpc) is 2.27. The summed E-state index contributed by atoms with van der Waals surface area (Å²) in [5, 5.41) is 9.06. The maximum Gasteiger partial charge on any atom is 0.148 e. The fourth-order valence-electron chi connectivity index (χ4n) is 0.840. The van der Waals surface area contributed by atoms with Gasteiger partial charge < -0.3 is 5.11 Å². The summed E-state index contributed by atoms with van der Waals surface area (Å²) in [5.74, 6) is 0.217. The van der Waals surface area contributed by atoms with Crippen LogP contribution in [-0.2, 0) is 0 Å².